The normalized spacial score (nSPS) is 15.6. The summed E-state index contributed by atoms with van der Waals surface area (Å²) in [4.78, 5) is 0.335. The Morgan fingerprint density at radius 1 is 0.378 bits per heavy atom. The van der Waals surface area contributed by atoms with Crippen LogP contribution in [0.3, 0.4) is 0 Å². The Kier molecular flexibility index (Phi) is 16.8. The first kappa shape index (κ1) is 52.4. The molecule has 0 bridgehead atoms. The first-order valence-electron chi connectivity index (χ1n) is 25.8. The molecule has 0 aromatic heterocycles. The molecule has 1 saturated carbocycles. The van der Waals surface area contributed by atoms with Gasteiger partial charge in [0.1, 0.15) is 11.2 Å². The summed E-state index contributed by atoms with van der Waals surface area (Å²) in [6.07, 6.45) is 3.11. The fourth-order valence-corrected chi connectivity index (χ4v) is 14.3. The lowest BCUT2D eigenvalue weighted by atomic mass is 9.80. The Labute approximate surface area is 439 Å². The van der Waals surface area contributed by atoms with Gasteiger partial charge >= 0.3 is 0 Å². The highest BCUT2D eigenvalue weighted by molar-refractivity contribution is 7.89. The van der Waals surface area contributed by atoms with Crippen molar-refractivity contribution < 1.29 is 26.3 Å². The molecule has 0 heterocycles. The molecule has 1 fully saturated rings. The van der Waals surface area contributed by atoms with Crippen molar-refractivity contribution in [3.63, 3.8) is 0 Å². The second-order valence-electron chi connectivity index (χ2n) is 19.2. The maximum absolute atomic E-state index is 15.4. The Balaban J connectivity index is 1.07. The number of aryl methyl sites for hydroxylation is 2. The molecule has 1 aliphatic carbocycles. The molecule has 8 nitrogen and oxygen atoms in total. The third-order valence-electron chi connectivity index (χ3n) is 14.5. The molecule has 0 unspecified atom stereocenters. The minimum Gasteiger partial charge on any atom is -0.361 e. The summed E-state index contributed by atoms with van der Waals surface area (Å²) < 4.78 is 79.2. The zero-order valence-electron chi connectivity index (χ0n) is 42.3. The van der Waals surface area contributed by atoms with Gasteiger partial charge in [0.25, 0.3) is 0 Å². The van der Waals surface area contributed by atoms with Gasteiger partial charge in [0.15, 0.2) is 0 Å². The molecule has 8 aromatic rings. The van der Waals surface area contributed by atoms with Gasteiger partial charge in [-0.15, -0.1) is 0 Å². The molecule has 2 atom stereocenters. The van der Waals surface area contributed by atoms with Crippen LogP contribution >= 0.6 is 0 Å². The van der Waals surface area contributed by atoms with Crippen LogP contribution in [0.2, 0.25) is 0 Å². The lowest BCUT2D eigenvalue weighted by Gasteiger charge is -2.44. The van der Waals surface area contributed by atoms with Gasteiger partial charge in [-0.1, -0.05) is 230 Å². The zero-order chi connectivity index (χ0) is 51.4. The molecule has 74 heavy (non-hydrogen) atoms. The maximum atomic E-state index is 15.4. The van der Waals surface area contributed by atoms with Crippen LogP contribution in [0.5, 0.6) is 0 Å². The molecule has 380 valence electrons. The standard InChI is InChI=1S/C64H66N2O6S2/c1-51-39-43-59(44-40-51)73(67,68)65(47-23-49-71-63(53-25-9-3-10-26-53,54-27-11-4-12-28-54)55-29-13-5-14-30-55)61-37-21-22-38-62(61)66(74(69,70)60-45-41-52(2)42-46-60)48-24-50-72-64(56-31-15-6-16-32-56,57-33-17-7-18-34-57)58-35-19-8-20-36-58/h3-20,25-36,39-46,61-62H,21-24,37-38,47-50H2,1-2H3/t61-,62-/m1/s1. The van der Waals surface area contributed by atoms with E-state index in [0.717, 1.165) is 57.3 Å². The number of ether oxygens (including phenoxy) is 2. The fourth-order valence-electron chi connectivity index (χ4n) is 10.8. The Hall–Kier alpha value is -6.50. The summed E-state index contributed by atoms with van der Waals surface area (Å²) in [7, 11) is -8.35. The van der Waals surface area contributed by atoms with Gasteiger partial charge in [0.2, 0.25) is 20.0 Å². The van der Waals surface area contributed by atoms with E-state index in [1.807, 2.05) is 147 Å². The molecule has 0 aliphatic heterocycles. The summed E-state index contributed by atoms with van der Waals surface area (Å²) in [6, 6.07) is 73.4. The summed E-state index contributed by atoms with van der Waals surface area (Å²) in [6.45, 7) is 4.46. The maximum Gasteiger partial charge on any atom is 0.243 e. The van der Waals surface area contributed by atoms with Crippen LogP contribution in [0.15, 0.2) is 240 Å². The number of hydrogen-bond acceptors (Lipinski definition) is 6. The highest BCUT2D eigenvalue weighted by Gasteiger charge is 2.45. The number of benzene rings is 8. The lowest BCUT2D eigenvalue weighted by molar-refractivity contribution is 0.00564. The molecule has 8 aromatic carbocycles. The number of rotatable bonds is 22. The largest absolute Gasteiger partial charge is 0.361 e. The van der Waals surface area contributed by atoms with Crippen molar-refractivity contribution in [1.29, 1.82) is 0 Å². The SMILES string of the molecule is Cc1ccc(S(=O)(=O)N(CCCOC(c2ccccc2)(c2ccccc2)c2ccccc2)[C@@H]2CCCC[C@H]2N(CCCOC(c2ccccc2)(c2ccccc2)c2ccccc2)S(=O)(=O)c2ccc(C)cc2)cc1. The van der Waals surface area contributed by atoms with E-state index in [1.54, 1.807) is 32.9 Å². The summed E-state index contributed by atoms with van der Waals surface area (Å²) in [5.74, 6) is 0. The summed E-state index contributed by atoms with van der Waals surface area (Å²) >= 11 is 0. The van der Waals surface area contributed by atoms with Crippen LogP contribution in [0.1, 0.15) is 83.0 Å². The predicted octanol–water partition coefficient (Wildman–Crippen LogP) is 13.1. The van der Waals surface area contributed by atoms with Gasteiger partial charge in [-0.25, -0.2) is 16.8 Å². The molecule has 0 saturated heterocycles. The topological polar surface area (TPSA) is 93.2 Å². The minimum absolute atomic E-state index is 0.0983. The van der Waals surface area contributed by atoms with Gasteiger partial charge in [-0.05, 0) is 97.2 Å². The predicted molar refractivity (Wildman–Crippen MR) is 296 cm³/mol. The van der Waals surface area contributed by atoms with E-state index in [9.17, 15) is 0 Å². The second kappa shape index (κ2) is 23.8. The second-order valence-corrected chi connectivity index (χ2v) is 23.0. The van der Waals surface area contributed by atoms with Crippen molar-refractivity contribution in [3.8, 4) is 0 Å². The summed E-state index contributed by atoms with van der Waals surface area (Å²) in [5.41, 5.74) is 5.56. The van der Waals surface area contributed by atoms with Crippen molar-refractivity contribution in [2.45, 2.75) is 85.4 Å². The van der Waals surface area contributed by atoms with Crippen molar-refractivity contribution in [1.82, 2.24) is 8.61 Å². The third kappa shape index (κ3) is 11.1. The molecular formula is C64H66N2O6S2. The van der Waals surface area contributed by atoms with Gasteiger partial charge in [-0.3, -0.25) is 0 Å². The lowest BCUT2D eigenvalue weighted by Crippen LogP contribution is -2.57. The Morgan fingerprint density at radius 3 is 0.865 bits per heavy atom. The average molecular weight is 1020 g/mol. The van der Waals surface area contributed by atoms with Crippen molar-refractivity contribution >= 4 is 20.0 Å². The molecule has 0 N–H and O–H groups in total. The quantitative estimate of drug-likeness (QED) is 0.0496. The van der Waals surface area contributed by atoms with E-state index < -0.39 is 43.3 Å². The highest BCUT2D eigenvalue weighted by Crippen LogP contribution is 2.43. The zero-order valence-corrected chi connectivity index (χ0v) is 44.0. The van der Waals surface area contributed by atoms with Gasteiger partial charge in [0, 0.05) is 38.4 Å². The molecule has 0 amide bonds. The third-order valence-corrected chi connectivity index (χ3v) is 18.3. The molecule has 1 aliphatic rings. The van der Waals surface area contributed by atoms with Crippen LogP contribution < -0.4 is 0 Å². The van der Waals surface area contributed by atoms with Crippen molar-refractivity contribution in [3.05, 3.63) is 275 Å². The first-order chi connectivity index (χ1) is 36.0. The molecular weight excluding hydrogens is 957 g/mol. The van der Waals surface area contributed by atoms with E-state index in [4.69, 9.17) is 9.47 Å². The van der Waals surface area contributed by atoms with E-state index in [-0.39, 0.29) is 36.1 Å². The molecule has 10 heteroatoms. The van der Waals surface area contributed by atoms with Gasteiger partial charge in [-0.2, -0.15) is 8.61 Å². The summed E-state index contributed by atoms with van der Waals surface area (Å²) in [5, 5.41) is 0. The van der Waals surface area contributed by atoms with Crippen LogP contribution in [-0.4, -0.2) is 63.8 Å². The van der Waals surface area contributed by atoms with Crippen molar-refractivity contribution in [2.75, 3.05) is 26.3 Å². The van der Waals surface area contributed by atoms with E-state index in [2.05, 4.69) is 72.8 Å². The van der Waals surface area contributed by atoms with Gasteiger partial charge in [0.05, 0.1) is 9.79 Å². The number of nitrogens with zero attached hydrogens (tertiary/aromatic N) is 2. The molecule has 0 radical (unpaired) electrons. The van der Waals surface area contributed by atoms with Crippen molar-refractivity contribution in [2.24, 2.45) is 0 Å². The Morgan fingerprint density at radius 2 is 0.622 bits per heavy atom. The van der Waals surface area contributed by atoms with Crippen LogP contribution in [0.4, 0.5) is 0 Å². The van der Waals surface area contributed by atoms with E-state index in [1.165, 1.54) is 0 Å². The fraction of sp³-hybridized carbons (Fsp3) is 0.250. The molecule has 9 rings (SSSR count). The Bertz CT molecular complexity index is 2810. The first-order valence-corrected chi connectivity index (χ1v) is 28.7. The van der Waals surface area contributed by atoms with Crippen LogP contribution in [0.25, 0.3) is 0 Å². The van der Waals surface area contributed by atoms with Crippen LogP contribution in [0, 0.1) is 13.8 Å². The van der Waals surface area contributed by atoms with Gasteiger partial charge < -0.3 is 9.47 Å². The van der Waals surface area contributed by atoms with E-state index >= 15 is 16.8 Å². The monoisotopic (exact) mass is 1020 g/mol. The smallest absolute Gasteiger partial charge is 0.243 e. The minimum atomic E-state index is -4.18. The van der Waals surface area contributed by atoms with Crippen LogP contribution in [-0.2, 0) is 40.7 Å². The number of hydrogen-bond donors (Lipinski definition) is 0. The highest BCUT2D eigenvalue weighted by atomic mass is 32.2. The van der Waals surface area contributed by atoms with E-state index in [0.29, 0.717) is 25.7 Å². The number of sulfonamides is 2. The molecule has 0 spiro atoms. The average Bonchev–Trinajstić information content (AvgIpc) is 3.45.